The summed E-state index contributed by atoms with van der Waals surface area (Å²) >= 11 is 0. The van der Waals surface area contributed by atoms with Gasteiger partial charge in [-0.2, -0.15) is 18.3 Å². The van der Waals surface area contributed by atoms with E-state index >= 15 is 0 Å². The summed E-state index contributed by atoms with van der Waals surface area (Å²) in [5.74, 6) is 0. The SMILES string of the molecule is O=S(=O)(NCCCC(F)(F)F)c1[nH]ncc1CNC1CC1. The minimum atomic E-state index is -4.28. The van der Waals surface area contributed by atoms with Crippen LogP contribution in [-0.2, 0) is 16.6 Å². The molecule has 6 nitrogen and oxygen atoms in total. The first-order valence-corrected chi connectivity index (χ1v) is 8.08. The van der Waals surface area contributed by atoms with Gasteiger partial charge in [-0.3, -0.25) is 5.10 Å². The Morgan fingerprint density at radius 3 is 2.71 bits per heavy atom. The number of rotatable bonds is 8. The molecular formula is C11H17F3N4O2S. The smallest absolute Gasteiger partial charge is 0.310 e. The minimum Gasteiger partial charge on any atom is -0.310 e. The number of H-pyrrole nitrogens is 1. The van der Waals surface area contributed by atoms with E-state index < -0.39 is 22.6 Å². The van der Waals surface area contributed by atoms with Crippen molar-refractivity contribution >= 4 is 10.0 Å². The van der Waals surface area contributed by atoms with Crippen LogP contribution in [0.25, 0.3) is 0 Å². The Kier molecular flexibility index (Phi) is 4.89. The van der Waals surface area contributed by atoms with E-state index in [9.17, 15) is 21.6 Å². The highest BCUT2D eigenvalue weighted by atomic mass is 32.2. The molecule has 2 rings (SSSR count). The van der Waals surface area contributed by atoms with E-state index in [0.717, 1.165) is 12.8 Å². The Labute approximate surface area is 120 Å². The summed E-state index contributed by atoms with van der Waals surface area (Å²) in [6, 6.07) is 0.412. The summed E-state index contributed by atoms with van der Waals surface area (Å²) < 4.78 is 62.1. The number of sulfonamides is 1. The number of halogens is 3. The zero-order valence-electron chi connectivity index (χ0n) is 11.2. The van der Waals surface area contributed by atoms with Gasteiger partial charge in [0.25, 0.3) is 10.0 Å². The lowest BCUT2D eigenvalue weighted by Crippen LogP contribution is -2.28. The number of hydrogen-bond acceptors (Lipinski definition) is 4. The Bertz CT molecular complexity index is 566. The van der Waals surface area contributed by atoms with Crippen molar-refractivity contribution in [1.29, 1.82) is 0 Å². The molecule has 1 saturated carbocycles. The van der Waals surface area contributed by atoms with Crippen molar-refractivity contribution in [2.75, 3.05) is 6.54 Å². The largest absolute Gasteiger partial charge is 0.389 e. The quantitative estimate of drug-likeness (QED) is 0.628. The van der Waals surface area contributed by atoms with Crippen LogP contribution in [-0.4, -0.2) is 37.4 Å². The van der Waals surface area contributed by atoms with Crippen LogP contribution in [0, 0.1) is 0 Å². The summed E-state index contributed by atoms with van der Waals surface area (Å²) in [5, 5.41) is 9.14. The molecule has 120 valence electrons. The Morgan fingerprint density at radius 2 is 2.10 bits per heavy atom. The van der Waals surface area contributed by atoms with Crippen LogP contribution < -0.4 is 10.0 Å². The summed E-state index contributed by atoms with van der Waals surface area (Å²) in [4.78, 5) is 0. The van der Waals surface area contributed by atoms with Gasteiger partial charge in [0.15, 0.2) is 5.03 Å². The van der Waals surface area contributed by atoms with Gasteiger partial charge in [-0.25, -0.2) is 13.1 Å². The molecule has 0 saturated heterocycles. The molecule has 1 fully saturated rings. The molecule has 0 amide bonds. The van der Waals surface area contributed by atoms with Crippen molar-refractivity contribution in [1.82, 2.24) is 20.2 Å². The molecule has 0 aromatic carbocycles. The molecule has 1 aliphatic carbocycles. The minimum absolute atomic E-state index is 0.0948. The summed E-state index contributed by atoms with van der Waals surface area (Å²) in [6.45, 7) is 0.0936. The molecule has 3 N–H and O–H groups in total. The highest BCUT2D eigenvalue weighted by Crippen LogP contribution is 2.22. The molecule has 21 heavy (non-hydrogen) atoms. The van der Waals surface area contributed by atoms with Gasteiger partial charge in [0.1, 0.15) is 0 Å². The normalized spacial score (nSPS) is 16.3. The van der Waals surface area contributed by atoms with Crippen LogP contribution in [0.4, 0.5) is 13.2 Å². The monoisotopic (exact) mass is 326 g/mol. The van der Waals surface area contributed by atoms with E-state index in [-0.39, 0.29) is 18.0 Å². The van der Waals surface area contributed by atoms with E-state index in [2.05, 4.69) is 20.2 Å². The van der Waals surface area contributed by atoms with Crippen LogP contribution >= 0.6 is 0 Å². The maximum atomic E-state index is 12.0. The third-order valence-electron chi connectivity index (χ3n) is 3.03. The Morgan fingerprint density at radius 1 is 1.38 bits per heavy atom. The van der Waals surface area contributed by atoms with Gasteiger partial charge in [0.2, 0.25) is 0 Å². The second-order valence-electron chi connectivity index (χ2n) is 5.00. The molecule has 0 radical (unpaired) electrons. The number of aromatic nitrogens is 2. The average Bonchev–Trinajstić information content (AvgIpc) is 3.07. The first-order chi connectivity index (χ1) is 9.78. The molecule has 0 unspecified atom stereocenters. The first-order valence-electron chi connectivity index (χ1n) is 6.60. The van der Waals surface area contributed by atoms with Crippen molar-refractivity contribution < 1.29 is 21.6 Å². The van der Waals surface area contributed by atoms with E-state index in [1.54, 1.807) is 0 Å². The number of alkyl halides is 3. The standard InChI is InChI=1S/C11H17F3N4O2S/c12-11(13,14)4-1-5-17-21(19,20)10-8(7-16-18-10)6-15-9-2-3-9/h7,9,15,17H,1-6H2,(H,16,18). The third kappa shape index (κ3) is 5.29. The average molecular weight is 326 g/mol. The van der Waals surface area contributed by atoms with Crippen molar-refractivity contribution in [3.63, 3.8) is 0 Å². The Hall–Kier alpha value is -1.13. The lowest BCUT2D eigenvalue weighted by Gasteiger charge is -2.09. The zero-order chi connectivity index (χ0) is 15.5. The second kappa shape index (κ2) is 6.32. The first kappa shape index (κ1) is 16.2. The van der Waals surface area contributed by atoms with E-state index in [1.807, 2.05) is 0 Å². The second-order valence-corrected chi connectivity index (χ2v) is 6.70. The van der Waals surface area contributed by atoms with Gasteiger partial charge >= 0.3 is 6.18 Å². The van der Waals surface area contributed by atoms with E-state index in [0.29, 0.717) is 18.2 Å². The van der Waals surface area contributed by atoms with Gasteiger partial charge in [-0.1, -0.05) is 0 Å². The van der Waals surface area contributed by atoms with Crippen molar-refractivity contribution in [3.8, 4) is 0 Å². The number of aromatic amines is 1. The molecular weight excluding hydrogens is 309 g/mol. The van der Waals surface area contributed by atoms with Crippen molar-refractivity contribution in [2.24, 2.45) is 0 Å². The summed E-state index contributed by atoms with van der Waals surface area (Å²) in [5.41, 5.74) is 0.477. The van der Waals surface area contributed by atoms with Crippen LogP contribution in [0.15, 0.2) is 11.2 Å². The highest BCUT2D eigenvalue weighted by Gasteiger charge is 2.27. The zero-order valence-corrected chi connectivity index (χ0v) is 12.0. The topological polar surface area (TPSA) is 86.9 Å². The predicted octanol–water partition coefficient (Wildman–Crippen LogP) is 1.28. The molecule has 1 aromatic rings. The van der Waals surface area contributed by atoms with E-state index in [4.69, 9.17) is 0 Å². The fraction of sp³-hybridized carbons (Fsp3) is 0.727. The Balaban J connectivity index is 1.88. The lowest BCUT2D eigenvalue weighted by molar-refractivity contribution is -0.135. The van der Waals surface area contributed by atoms with Crippen LogP contribution in [0.2, 0.25) is 0 Å². The molecule has 0 aliphatic heterocycles. The van der Waals surface area contributed by atoms with Gasteiger partial charge in [0.05, 0.1) is 6.20 Å². The van der Waals surface area contributed by atoms with Gasteiger partial charge < -0.3 is 5.32 Å². The highest BCUT2D eigenvalue weighted by molar-refractivity contribution is 7.89. The van der Waals surface area contributed by atoms with Gasteiger partial charge in [-0.15, -0.1) is 0 Å². The number of nitrogens with zero attached hydrogens (tertiary/aromatic N) is 1. The molecule has 1 heterocycles. The molecule has 1 aliphatic rings. The third-order valence-corrected chi connectivity index (χ3v) is 4.51. The molecule has 0 atom stereocenters. The van der Waals surface area contributed by atoms with Gasteiger partial charge in [0, 0.05) is 31.1 Å². The summed E-state index contributed by atoms with van der Waals surface area (Å²) in [6.07, 6.45) is -2.06. The molecule has 0 spiro atoms. The van der Waals surface area contributed by atoms with Gasteiger partial charge in [-0.05, 0) is 19.3 Å². The predicted molar refractivity (Wildman–Crippen MR) is 68.9 cm³/mol. The fourth-order valence-electron chi connectivity index (χ4n) is 1.77. The van der Waals surface area contributed by atoms with E-state index in [1.165, 1.54) is 6.20 Å². The van der Waals surface area contributed by atoms with Crippen molar-refractivity contribution in [3.05, 3.63) is 11.8 Å². The maximum absolute atomic E-state index is 12.0. The number of nitrogens with one attached hydrogen (secondary N) is 3. The lowest BCUT2D eigenvalue weighted by atomic mass is 10.3. The maximum Gasteiger partial charge on any atom is 0.389 e. The molecule has 10 heteroatoms. The van der Waals surface area contributed by atoms with Crippen molar-refractivity contribution in [2.45, 2.75) is 49.5 Å². The number of hydrogen-bond donors (Lipinski definition) is 3. The van der Waals surface area contributed by atoms with Crippen LogP contribution in [0.1, 0.15) is 31.2 Å². The molecule has 1 aromatic heterocycles. The van der Waals surface area contributed by atoms with Crippen LogP contribution in [0.5, 0.6) is 0 Å². The fourth-order valence-corrected chi connectivity index (χ4v) is 2.97. The summed E-state index contributed by atoms with van der Waals surface area (Å²) in [7, 11) is -3.87. The van der Waals surface area contributed by atoms with Crippen LogP contribution in [0.3, 0.4) is 0 Å². The molecule has 0 bridgehead atoms.